The first-order valence-electron chi connectivity index (χ1n) is 4.80. The summed E-state index contributed by atoms with van der Waals surface area (Å²) in [6.45, 7) is 1.89. The highest BCUT2D eigenvalue weighted by molar-refractivity contribution is 9.10. The molecule has 1 aromatic rings. The summed E-state index contributed by atoms with van der Waals surface area (Å²) >= 11 is 5.30. The van der Waals surface area contributed by atoms with Gasteiger partial charge in [0.25, 0.3) is 0 Å². The van der Waals surface area contributed by atoms with Gasteiger partial charge in [-0.1, -0.05) is 40.0 Å². The van der Waals surface area contributed by atoms with Gasteiger partial charge in [0, 0.05) is 23.3 Å². The van der Waals surface area contributed by atoms with Crippen molar-refractivity contribution in [3.05, 3.63) is 34.3 Å². The molecule has 0 saturated heterocycles. The molecule has 0 atom stereocenters. The monoisotopic (exact) mass is 283 g/mol. The van der Waals surface area contributed by atoms with Crippen molar-refractivity contribution < 1.29 is 0 Å². The number of nitrogens with one attached hydrogen (secondary N) is 1. The van der Waals surface area contributed by atoms with E-state index in [9.17, 15) is 0 Å². The first-order valence-corrected chi connectivity index (χ1v) is 6.74. The van der Waals surface area contributed by atoms with E-state index in [1.54, 1.807) is 11.8 Å². The molecule has 0 bridgehead atoms. The Labute approximate surface area is 104 Å². The second-order valence-electron chi connectivity index (χ2n) is 3.02. The summed E-state index contributed by atoms with van der Waals surface area (Å²) < 4.78 is 1.16. The van der Waals surface area contributed by atoms with E-state index < -0.39 is 0 Å². The number of rotatable bonds is 6. The maximum absolute atomic E-state index is 5.16. The van der Waals surface area contributed by atoms with Gasteiger partial charge in [0.2, 0.25) is 0 Å². The molecule has 0 saturated carbocycles. The van der Waals surface area contributed by atoms with Crippen LogP contribution in [0.5, 0.6) is 0 Å². The van der Waals surface area contributed by atoms with E-state index >= 15 is 0 Å². The molecule has 1 N–H and O–H groups in total. The van der Waals surface area contributed by atoms with E-state index in [0.717, 1.165) is 29.1 Å². The van der Waals surface area contributed by atoms with E-state index in [2.05, 4.69) is 45.4 Å². The molecule has 1 aromatic carbocycles. The van der Waals surface area contributed by atoms with Crippen molar-refractivity contribution in [2.45, 2.75) is 6.54 Å². The van der Waals surface area contributed by atoms with Gasteiger partial charge < -0.3 is 5.32 Å². The first kappa shape index (κ1) is 12.6. The Bertz CT molecular complexity index is 333. The van der Waals surface area contributed by atoms with Crippen LogP contribution in [0.4, 0.5) is 0 Å². The van der Waals surface area contributed by atoms with E-state index in [-0.39, 0.29) is 0 Å². The Kier molecular flexibility index (Phi) is 6.58. The SMILES string of the molecule is C#CCSCCNCc1ccccc1Br. The van der Waals surface area contributed by atoms with E-state index in [1.165, 1.54) is 5.56 Å². The summed E-state index contributed by atoms with van der Waals surface area (Å²) in [6.07, 6.45) is 5.16. The number of halogens is 1. The lowest BCUT2D eigenvalue weighted by Crippen LogP contribution is -2.16. The Balaban J connectivity index is 2.16. The van der Waals surface area contributed by atoms with Crippen molar-refractivity contribution in [2.75, 3.05) is 18.1 Å². The second kappa shape index (κ2) is 7.81. The van der Waals surface area contributed by atoms with Crippen LogP contribution in [0.25, 0.3) is 0 Å². The average Bonchev–Trinajstić information content (AvgIpc) is 2.25. The normalized spacial score (nSPS) is 9.87. The quantitative estimate of drug-likeness (QED) is 0.637. The number of terminal acetylenes is 1. The zero-order chi connectivity index (χ0) is 10.9. The van der Waals surface area contributed by atoms with Gasteiger partial charge >= 0.3 is 0 Å². The minimum absolute atomic E-state index is 0.802. The van der Waals surface area contributed by atoms with Crippen LogP contribution in [-0.4, -0.2) is 18.1 Å². The van der Waals surface area contributed by atoms with E-state index in [0.29, 0.717) is 0 Å². The number of thioether (sulfide) groups is 1. The van der Waals surface area contributed by atoms with Crippen LogP contribution in [0.3, 0.4) is 0 Å². The molecule has 0 aliphatic heterocycles. The van der Waals surface area contributed by atoms with Crippen LogP contribution < -0.4 is 5.32 Å². The molecule has 0 spiro atoms. The molecule has 0 heterocycles. The van der Waals surface area contributed by atoms with Crippen LogP contribution in [-0.2, 0) is 6.54 Å². The van der Waals surface area contributed by atoms with Crippen molar-refractivity contribution in [3.63, 3.8) is 0 Å². The smallest absolute Gasteiger partial charge is 0.0545 e. The van der Waals surface area contributed by atoms with Crippen LogP contribution >= 0.6 is 27.7 Å². The first-order chi connectivity index (χ1) is 7.34. The van der Waals surface area contributed by atoms with Gasteiger partial charge in [-0.05, 0) is 11.6 Å². The molecule has 0 aliphatic rings. The lowest BCUT2D eigenvalue weighted by atomic mass is 10.2. The largest absolute Gasteiger partial charge is 0.312 e. The summed E-state index contributed by atoms with van der Waals surface area (Å²) in [5, 5.41) is 3.38. The van der Waals surface area contributed by atoms with E-state index in [4.69, 9.17) is 6.42 Å². The third kappa shape index (κ3) is 5.27. The second-order valence-corrected chi connectivity index (χ2v) is 4.98. The predicted molar refractivity (Wildman–Crippen MR) is 72.0 cm³/mol. The molecule has 3 heteroatoms. The molecule has 0 aliphatic carbocycles. The Hall–Kier alpha value is -0.430. The van der Waals surface area contributed by atoms with Crippen LogP contribution in [0.1, 0.15) is 5.56 Å². The third-order valence-corrected chi connectivity index (χ3v) is 3.52. The Morgan fingerprint density at radius 2 is 2.20 bits per heavy atom. The maximum Gasteiger partial charge on any atom is 0.0545 e. The standard InChI is InChI=1S/C12H14BrNS/c1-2-8-15-9-7-14-10-11-5-3-4-6-12(11)13/h1,3-6,14H,7-10H2. The molecule has 1 rings (SSSR count). The molecule has 0 unspecified atom stereocenters. The van der Waals surface area contributed by atoms with E-state index in [1.807, 2.05) is 6.07 Å². The molecule has 0 amide bonds. The van der Waals surface area contributed by atoms with Gasteiger partial charge in [-0.15, -0.1) is 18.2 Å². The predicted octanol–water partition coefficient (Wildman–Crippen LogP) is 2.91. The number of benzene rings is 1. The molecular formula is C12H14BrNS. The summed E-state index contributed by atoms with van der Waals surface area (Å²) in [7, 11) is 0. The van der Waals surface area contributed by atoms with Crippen molar-refractivity contribution in [1.29, 1.82) is 0 Å². The van der Waals surface area contributed by atoms with Crippen LogP contribution in [0.15, 0.2) is 28.7 Å². The zero-order valence-corrected chi connectivity index (χ0v) is 10.9. The van der Waals surface area contributed by atoms with Gasteiger partial charge in [0.05, 0.1) is 5.75 Å². The summed E-state index contributed by atoms with van der Waals surface area (Å²) in [4.78, 5) is 0. The van der Waals surface area contributed by atoms with Crippen molar-refractivity contribution in [1.82, 2.24) is 5.32 Å². The topological polar surface area (TPSA) is 12.0 Å². The fraction of sp³-hybridized carbons (Fsp3) is 0.333. The molecule has 80 valence electrons. The highest BCUT2D eigenvalue weighted by Crippen LogP contribution is 2.15. The summed E-state index contributed by atoms with van der Waals surface area (Å²) in [5.74, 6) is 4.48. The average molecular weight is 284 g/mol. The summed E-state index contributed by atoms with van der Waals surface area (Å²) in [6, 6.07) is 8.25. The lowest BCUT2D eigenvalue weighted by molar-refractivity contribution is 0.730. The fourth-order valence-electron chi connectivity index (χ4n) is 1.14. The molecule has 0 fully saturated rings. The fourth-order valence-corrected chi connectivity index (χ4v) is 2.12. The van der Waals surface area contributed by atoms with Crippen molar-refractivity contribution in [2.24, 2.45) is 0 Å². The van der Waals surface area contributed by atoms with Crippen molar-refractivity contribution >= 4 is 27.7 Å². The zero-order valence-electron chi connectivity index (χ0n) is 8.50. The highest BCUT2D eigenvalue weighted by Gasteiger charge is 1.96. The highest BCUT2D eigenvalue weighted by atomic mass is 79.9. The summed E-state index contributed by atoms with van der Waals surface area (Å²) in [5.41, 5.74) is 1.29. The van der Waals surface area contributed by atoms with Gasteiger partial charge in [0.15, 0.2) is 0 Å². The van der Waals surface area contributed by atoms with Gasteiger partial charge in [-0.25, -0.2) is 0 Å². The molecular weight excluding hydrogens is 270 g/mol. The maximum atomic E-state index is 5.16. The van der Waals surface area contributed by atoms with Gasteiger partial charge in [-0.2, -0.15) is 0 Å². The molecule has 1 nitrogen and oxygen atoms in total. The van der Waals surface area contributed by atoms with Gasteiger partial charge in [-0.3, -0.25) is 0 Å². The number of hydrogen-bond donors (Lipinski definition) is 1. The van der Waals surface area contributed by atoms with Crippen molar-refractivity contribution in [3.8, 4) is 12.3 Å². The molecule has 0 radical (unpaired) electrons. The third-order valence-electron chi connectivity index (χ3n) is 1.88. The number of hydrogen-bond acceptors (Lipinski definition) is 2. The molecule has 0 aromatic heterocycles. The van der Waals surface area contributed by atoms with Crippen LogP contribution in [0.2, 0.25) is 0 Å². The minimum Gasteiger partial charge on any atom is -0.312 e. The Morgan fingerprint density at radius 3 is 2.93 bits per heavy atom. The van der Waals surface area contributed by atoms with Crippen LogP contribution in [0, 0.1) is 12.3 Å². The Morgan fingerprint density at radius 1 is 1.40 bits per heavy atom. The lowest BCUT2D eigenvalue weighted by Gasteiger charge is -2.05. The minimum atomic E-state index is 0.802. The molecule has 15 heavy (non-hydrogen) atoms. The van der Waals surface area contributed by atoms with Gasteiger partial charge in [0.1, 0.15) is 0 Å².